The Morgan fingerprint density at radius 3 is 1.82 bits per heavy atom. The van der Waals surface area contributed by atoms with E-state index in [1.807, 2.05) is 36.4 Å². The van der Waals surface area contributed by atoms with Gasteiger partial charge >= 0.3 is 0 Å². The van der Waals surface area contributed by atoms with Gasteiger partial charge < -0.3 is 5.11 Å². The zero-order valence-electron chi connectivity index (χ0n) is 12.1. The van der Waals surface area contributed by atoms with Crippen LogP contribution in [0.4, 0.5) is 0 Å². The minimum absolute atomic E-state index is 0.586. The van der Waals surface area contributed by atoms with Crippen molar-refractivity contribution >= 4 is 21.5 Å². The zero-order valence-corrected chi connectivity index (χ0v) is 12.1. The summed E-state index contributed by atoms with van der Waals surface area (Å²) in [6.07, 6.45) is -0.586. The van der Waals surface area contributed by atoms with Crippen molar-refractivity contribution in [3.63, 3.8) is 0 Å². The van der Waals surface area contributed by atoms with Gasteiger partial charge in [0.2, 0.25) is 0 Å². The quantitative estimate of drug-likeness (QED) is 0.509. The highest BCUT2D eigenvalue weighted by Crippen LogP contribution is 2.28. The summed E-state index contributed by atoms with van der Waals surface area (Å²) in [5.74, 6) is 0. The Hall–Kier alpha value is -2.64. The molecule has 0 saturated heterocycles. The minimum atomic E-state index is -0.586. The molecule has 0 radical (unpaired) electrons. The summed E-state index contributed by atoms with van der Waals surface area (Å²) in [6.45, 7) is 0. The van der Waals surface area contributed by atoms with Gasteiger partial charge in [-0.15, -0.1) is 0 Å². The zero-order chi connectivity index (χ0) is 14.9. The summed E-state index contributed by atoms with van der Waals surface area (Å²) in [5, 5.41) is 15.4. The number of fused-ring (bicyclic) bond motifs is 2. The van der Waals surface area contributed by atoms with E-state index in [4.69, 9.17) is 0 Å². The van der Waals surface area contributed by atoms with Crippen LogP contribution in [0, 0.1) is 0 Å². The van der Waals surface area contributed by atoms with Gasteiger partial charge in [-0.05, 0) is 50.9 Å². The average molecular weight is 284 g/mol. The Morgan fingerprint density at radius 1 is 0.500 bits per heavy atom. The Balaban J connectivity index is 1.84. The second kappa shape index (κ2) is 5.28. The van der Waals surface area contributed by atoms with Crippen LogP contribution in [0.15, 0.2) is 84.9 Å². The SMILES string of the molecule is OC(c1ccccc1)c1ccc2cc3ccccc3cc2c1. The number of hydrogen-bond donors (Lipinski definition) is 1. The maximum Gasteiger partial charge on any atom is 0.104 e. The molecule has 1 atom stereocenters. The van der Waals surface area contributed by atoms with Crippen LogP contribution in [0.25, 0.3) is 21.5 Å². The molecule has 0 amide bonds. The molecule has 1 unspecified atom stereocenters. The van der Waals surface area contributed by atoms with Crippen LogP contribution in [-0.2, 0) is 0 Å². The number of rotatable bonds is 2. The van der Waals surface area contributed by atoms with Crippen molar-refractivity contribution in [2.75, 3.05) is 0 Å². The molecule has 0 aliphatic heterocycles. The van der Waals surface area contributed by atoms with Gasteiger partial charge in [0.15, 0.2) is 0 Å². The highest BCUT2D eigenvalue weighted by Gasteiger charge is 2.10. The smallest absolute Gasteiger partial charge is 0.104 e. The van der Waals surface area contributed by atoms with Gasteiger partial charge in [0.05, 0.1) is 0 Å². The number of benzene rings is 4. The number of aliphatic hydroxyl groups excluding tert-OH is 1. The Kier molecular flexibility index (Phi) is 3.14. The standard InChI is InChI=1S/C21H16O/c22-21(15-6-2-1-3-7-15)19-11-10-18-12-16-8-4-5-9-17(16)13-20(18)14-19/h1-14,21-22H. The van der Waals surface area contributed by atoms with E-state index in [2.05, 4.69) is 48.5 Å². The summed E-state index contributed by atoms with van der Waals surface area (Å²) >= 11 is 0. The van der Waals surface area contributed by atoms with Gasteiger partial charge in [-0.25, -0.2) is 0 Å². The van der Waals surface area contributed by atoms with Crippen molar-refractivity contribution in [2.45, 2.75) is 6.10 Å². The van der Waals surface area contributed by atoms with Crippen molar-refractivity contribution in [3.8, 4) is 0 Å². The molecule has 0 fully saturated rings. The maximum absolute atomic E-state index is 10.6. The molecule has 22 heavy (non-hydrogen) atoms. The molecule has 1 heteroatoms. The summed E-state index contributed by atoms with van der Waals surface area (Å²) in [7, 11) is 0. The largest absolute Gasteiger partial charge is 0.384 e. The predicted molar refractivity (Wildman–Crippen MR) is 92.0 cm³/mol. The third-order valence-corrected chi connectivity index (χ3v) is 4.16. The molecular formula is C21H16O. The van der Waals surface area contributed by atoms with Crippen molar-refractivity contribution in [1.82, 2.24) is 0 Å². The summed E-state index contributed by atoms with van der Waals surface area (Å²) in [5.41, 5.74) is 1.84. The second-order valence-electron chi connectivity index (χ2n) is 5.62. The van der Waals surface area contributed by atoms with Gasteiger partial charge in [0, 0.05) is 0 Å². The molecule has 0 aliphatic rings. The first-order valence-electron chi connectivity index (χ1n) is 7.47. The average Bonchev–Trinajstić information content (AvgIpc) is 2.59. The molecule has 0 aliphatic carbocycles. The van der Waals surface area contributed by atoms with Crippen LogP contribution in [0.5, 0.6) is 0 Å². The lowest BCUT2D eigenvalue weighted by Gasteiger charge is -2.12. The fraction of sp³-hybridized carbons (Fsp3) is 0.0476. The molecule has 106 valence electrons. The molecular weight excluding hydrogens is 268 g/mol. The van der Waals surface area contributed by atoms with Crippen molar-refractivity contribution in [3.05, 3.63) is 96.1 Å². The van der Waals surface area contributed by atoms with Crippen LogP contribution >= 0.6 is 0 Å². The van der Waals surface area contributed by atoms with E-state index in [0.717, 1.165) is 16.5 Å². The fourth-order valence-corrected chi connectivity index (χ4v) is 2.96. The molecule has 0 saturated carbocycles. The molecule has 0 aromatic heterocycles. The van der Waals surface area contributed by atoms with Crippen LogP contribution in [0.3, 0.4) is 0 Å². The van der Waals surface area contributed by atoms with Crippen LogP contribution in [0.1, 0.15) is 17.2 Å². The first-order chi connectivity index (χ1) is 10.8. The first-order valence-corrected chi connectivity index (χ1v) is 7.47. The monoisotopic (exact) mass is 284 g/mol. The second-order valence-corrected chi connectivity index (χ2v) is 5.62. The fourth-order valence-electron chi connectivity index (χ4n) is 2.96. The molecule has 1 nitrogen and oxygen atoms in total. The summed E-state index contributed by atoms with van der Waals surface area (Å²) < 4.78 is 0. The van der Waals surface area contributed by atoms with E-state index in [9.17, 15) is 5.11 Å². The first kappa shape index (κ1) is 13.1. The molecule has 1 N–H and O–H groups in total. The maximum atomic E-state index is 10.6. The van der Waals surface area contributed by atoms with E-state index in [0.29, 0.717) is 0 Å². The molecule has 0 heterocycles. The highest BCUT2D eigenvalue weighted by molar-refractivity contribution is 5.98. The van der Waals surface area contributed by atoms with Gasteiger partial charge in [-0.3, -0.25) is 0 Å². The normalized spacial score (nSPS) is 12.6. The number of aliphatic hydroxyl groups is 1. The van der Waals surface area contributed by atoms with E-state index in [-0.39, 0.29) is 0 Å². The summed E-state index contributed by atoms with van der Waals surface area (Å²) in [4.78, 5) is 0. The van der Waals surface area contributed by atoms with E-state index < -0.39 is 6.10 Å². The Labute approximate surface area is 129 Å². The lowest BCUT2D eigenvalue weighted by molar-refractivity contribution is 0.220. The highest BCUT2D eigenvalue weighted by atomic mass is 16.3. The molecule has 4 rings (SSSR count). The van der Waals surface area contributed by atoms with Gasteiger partial charge in [-0.1, -0.05) is 66.7 Å². The lowest BCUT2D eigenvalue weighted by atomic mass is 9.97. The van der Waals surface area contributed by atoms with Crippen molar-refractivity contribution < 1.29 is 5.11 Å². The molecule has 0 bridgehead atoms. The molecule has 4 aromatic rings. The van der Waals surface area contributed by atoms with Crippen LogP contribution in [-0.4, -0.2) is 5.11 Å². The third-order valence-electron chi connectivity index (χ3n) is 4.16. The molecule has 0 spiro atoms. The lowest BCUT2D eigenvalue weighted by Crippen LogP contribution is -1.99. The van der Waals surface area contributed by atoms with E-state index in [1.54, 1.807) is 0 Å². The predicted octanol–water partition coefficient (Wildman–Crippen LogP) is 5.07. The third kappa shape index (κ3) is 2.26. The summed E-state index contributed by atoms with van der Waals surface area (Å²) in [6, 6.07) is 28.7. The van der Waals surface area contributed by atoms with Gasteiger partial charge in [0.25, 0.3) is 0 Å². The van der Waals surface area contributed by atoms with Crippen molar-refractivity contribution in [1.29, 1.82) is 0 Å². The number of hydrogen-bond acceptors (Lipinski definition) is 1. The molecule has 4 aromatic carbocycles. The minimum Gasteiger partial charge on any atom is -0.384 e. The van der Waals surface area contributed by atoms with Gasteiger partial charge in [0.1, 0.15) is 6.10 Å². The topological polar surface area (TPSA) is 20.2 Å². The van der Waals surface area contributed by atoms with Crippen molar-refractivity contribution in [2.24, 2.45) is 0 Å². The van der Waals surface area contributed by atoms with Crippen LogP contribution in [0.2, 0.25) is 0 Å². The van der Waals surface area contributed by atoms with Crippen LogP contribution < -0.4 is 0 Å². The Morgan fingerprint density at radius 2 is 1.09 bits per heavy atom. The Bertz CT molecular complexity index is 941. The van der Waals surface area contributed by atoms with E-state index >= 15 is 0 Å². The van der Waals surface area contributed by atoms with Gasteiger partial charge in [-0.2, -0.15) is 0 Å². The van der Waals surface area contributed by atoms with E-state index in [1.165, 1.54) is 16.2 Å².